The first-order chi connectivity index (χ1) is 21.4. The van der Waals surface area contributed by atoms with E-state index in [4.69, 9.17) is 0 Å². The van der Waals surface area contributed by atoms with Crippen molar-refractivity contribution in [1.82, 2.24) is 20.4 Å². The predicted molar refractivity (Wildman–Crippen MR) is 186 cm³/mol. The summed E-state index contributed by atoms with van der Waals surface area (Å²) >= 11 is 0. The van der Waals surface area contributed by atoms with E-state index < -0.39 is 12.2 Å². The number of aliphatic hydroxyl groups is 2. The van der Waals surface area contributed by atoms with Crippen LogP contribution in [-0.2, 0) is 9.59 Å². The van der Waals surface area contributed by atoms with Crippen LogP contribution in [0.5, 0.6) is 0 Å². The lowest BCUT2D eigenvalue weighted by Crippen LogP contribution is -2.49. The summed E-state index contributed by atoms with van der Waals surface area (Å²) < 4.78 is 0. The van der Waals surface area contributed by atoms with E-state index in [1.807, 2.05) is 4.90 Å². The van der Waals surface area contributed by atoms with E-state index >= 15 is 0 Å². The number of likely N-dealkylation sites (N-methyl/N-ethyl adjacent to an activating group) is 1. The fraction of sp³-hybridized carbons (Fsp3) is 0.944. The molecule has 0 spiro atoms. The zero-order valence-corrected chi connectivity index (χ0v) is 29.6. The molecule has 0 bridgehead atoms. The summed E-state index contributed by atoms with van der Waals surface area (Å²) in [6.45, 7) is 13.1. The van der Waals surface area contributed by atoms with Gasteiger partial charge in [0.25, 0.3) is 0 Å². The molecule has 8 nitrogen and oxygen atoms in total. The number of unbranched alkanes of at least 4 members (excludes halogenated alkanes) is 18. The SMILES string of the molecule is CCCCCCCCCCCCNC(=O)C(O)CN(CCN(CC)CC)CC(O)C(=O)NCCCCCCCCCCCC. The third kappa shape index (κ3) is 26.0. The van der Waals surface area contributed by atoms with Gasteiger partial charge in [-0.15, -0.1) is 0 Å². The zero-order chi connectivity index (χ0) is 32.7. The van der Waals surface area contributed by atoms with Gasteiger partial charge in [0.15, 0.2) is 0 Å². The molecule has 8 heteroatoms. The highest BCUT2D eigenvalue weighted by molar-refractivity contribution is 5.81. The first-order valence-corrected chi connectivity index (χ1v) is 18.8. The molecule has 0 fully saturated rings. The average Bonchev–Trinajstić information content (AvgIpc) is 3.02. The molecule has 262 valence electrons. The number of carbonyl (C=O) groups excluding carboxylic acids is 2. The van der Waals surface area contributed by atoms with Crippen molar-refractivity contribution in [2.75, 3.05) is 52.4 Å². The lowest BCUT2D eigenvalue weighted by molar-refractivity contribution is -0.132. The maximum absolute atomic E-state index is 12.6. The van der Waals surface area contributed by atoms with Gasteiger partial charge in [0.1, 0.15) is 12.2 Å². The molecule has 0 aromatic carbocycles. The van der Waals surface area contributed by atoms with Crippen LogP contribution in [0.2, 0.25) is 0 Å². The molecule has 44 heavy (non-hydrogen) atoms. The van der Waals surface area contributed by atoms with Crippen molar-refractivity contribution in [1.29, 1.82) is 0 Å². The average molecular weight is 627 g/mol. The van der Waals surface area contributed by atoms with Crippen molar-refractivity contribution < 1.29 is 19.8 Å². The molecule has 0 heterocycles. The molecular weight excluding hydrogens is 552 g/mol. The van der Waals surface area contributed by atoms with Crippen LogP contribution in [0.1, 0.15) is 156 Å². The van der Waals surface area contributed by atoms with Crippen LogP contribution < -0.4 is 10.6 Å². The summed E-state index contributed by atoms with van der Waals surface area (Å²) in [4.78, 5) is 29.3. The van der Waals surface area contributed by atoms with Gasteiger partial charge in [-0.3, -0.25) is 14.5 Å². The Morgan fingerprint density at radius 1 is 0.477 bits per heavy atom. The number of aliphatic hydroxyl groups excluding tert-OH is 2. The van der Waals surface area contributed by atoms with E-state index in [1.54, 1.807) is 0 Å². The smallest absolute Gasteiger partial charge is 0.250 e. The second kappa shape index (κ2) is 31.7. The van der Waals surface area contributed by atoms with Crippen molar-refractivity contribution in [2.45, 2.75) is 168 Å². The molecule has 4 N–H and O–H groups in total. The molecule has 0 aromatic heterocycles. The van der Waals surface area contributed by atoms with Gasteiger partial charge in [-0.1, -0.05) is 143 Å². The Bertz CT molecular complexity index is 602. The summed E-state index contributed by atoms with van der Waals surface area (Å²) in [5.41, 5.74) is 0. The minimum Gasteiger partial charge on any atom is -0.382 e. The maximum Gasteiger partial charge on any atom is 0.250 e. The molecule has 0 aliphatic carbocycles. The Labute approximate surface area is 272 Å². The van der Waals surface area contributed by atoms with Gasteiger partial charge in [0.2, 0.25) is 11.8 Å². The normalized spacial score (nSPS) is 13.0. The fourth-order valence-electron chi connectivity index (χ4n) is 5.62. The summed E-state index contributed by atoms with van der Waals surface area (Å²) in [5, 5.41) is 27.0. The van der Waals surface area contributed by atoms with E-state index in [2.05, 4.69) is 43.2 Å². The monoisotopic (exact) mass is 627 g/mol. The third-order valence-corrected chi connectivity index (χ3v) is 8.75. The minimum absolute atomic E-state index is 0.0912. The molecule has 2 amide bonds. The lowest BCUT2D eigenvalue weighted by Gasteiger charge is -2.29. The van der Waals surface area contributed by atoms with Crippen LogP contribution >= 0.6 is 0 Å². The predicted octanol–water partition coefficient (Wildman–Crippen LogP) is 6.43. The van der Waals surface area contributed by atoms with Gasteiger partial charge in [-0.05, 0) is 25.9 Å². The number of nitrogens with zero attached hydrogens (tertiary/aromatic N) is 2. The fourth-order valence-corrected chi connectivity index (χ4v) is 5.62. The molecule has 0 saturated heterocycles. The molecule has 0 aliphatic rings. The van der Waals surface area contributed by atoms with E-state index in [0.717, 1.165) is 45.3 Å². The Morgan fingerprint density at radius 2 is 0.773 bits per heavy atom. The summed E-state index contributed by atoms with van der Waals surface area (Å²) in [5.74, 6) is -0.762. The van der Waals surface area contributed by atoms with Crippen molar-refractivity contribution in [3.8, 4) is 0 Å². The van der Waals surface area contributed by atoms with Crippen LogP contribution in [0.15, 0.2) is 0 Å². The molecule has 0 rings (SSSR count). The van der Waals surface area contributed by atoms with Crippen molar-refractivity contribution in [2.24, 2.45) is 0 Å². The molecular formula is C36H74N4O4. The van der Waals surface area contributed by atoms with E-state index in [0.29, 0.717) is 19.6 Å². The summed E-state index contributed by atoms with van der Waals surface area (Å²) in [7, 11) is 0. The van der Waals surface area contributed by atoms with Crippen molar-refractivity contribution in [3.05, 3.63) is 0 Å². The number of hydrogen-bond acceptors (Lipinski definition) is 6. The van der Waals surface area contributed by atoms with Gasteiger partial charge in [0, 0.05) is 39.3 Å². The first kappa shape index (κ1) is 42.8. The van der Waals surface area contributed by atoms with Gasteiger partial charge in [-0.25, -0.2) is 0 Å². The topological polar surface area (TPSA) is 105 Å². The molecule has 0 radical (unpaired) electrons. The maximum atomic E-state index is 12.6. The second-order valence-electron chi connectivity index (χ2n) is 12.8. The minimum atomic E-state index is -1.20. The van der Waals surface area contributed by atoms with Gasteiger partial charge >= 0.3 is 0 Å². The Kier molecular flexibility index (Phi) is 30.9. The van der Waals surface area contributed by atoms with Gasteiger partial charge in [0.05, 0.1) is 0 Å². The number of carbonyl (C=O) groups is 2. The summed E-state index contributed by atoms with van der Waals surface area (Å²) in [6, 6.07) is 0. The zero-order valence-electron chi connectivity index (χ0n) is 29.6. The van der Waals surface area contributed by atoms with Crippen LogP contribution in [0.3, 0.4) is 0 Å². The molecule has 0 aliphatic heterocycles. The highest BCUT2D eigenvalue weighted by atomic mass is 16.3. The van der Waals surface area contributed by atoms with E-state index in [1.165, 1.54) is 103 Å². The quantitative estimate of drug-likeness (QED) is 0.0627. The molecule has 2 unspecified atom stereocenters. The second-order valence-corrected chi connectivity index (χ2v) is 12.8. The number of hydrogen-bond donors (Lipinski definition) is 4. The third-order valence-electron chi connectivity index (χ3n) is 8.75. The Balaban J connectivity index is 4.36. The first-order valence-electron chi connectivity index (χ1n) is 18.8. The number of amides is 2. The molecule has 0 saturated carbocycles. The molecule has 0 aromatic rings. The summed E-state index contributed by atoms with van der Waals surface area (Å²) in [6.07, 6.45) is 22.3. The number of rotatable bonds is 33. The van der Waals surface area contributed by atoms with E-state index in [9.17, 15) is 19.8 Å². The largest absolute Gasteiger partial charge is 0.382 e. The number of nitrogens with one attached hydrogen (secondary N) is 2. The Hall–Kier alpha value is -1.22. The van der Waals surface area contributed by atoms with Crippen molar-refractivity contribution in [3.63, 3.8) is 0 Å². The highest BCUT2D eigenvalue weighted by Gasteiger charge is 2.24. The van der Waals surface area contributed by atoms with Crippen LogP contribution in [0.4, 0.5) is 0 Å². The van der Waals surface area contributed by atoms with Crippen LogP contribution in [-0.4, -0.2) is 96.4 Å². The Morgan fingerprint density at radius 3 is 1.09 bits per heavy atom. The standard InChI is InChI=1S/C36H74N4O4/c1-5-9-11-13-15-17-19-21-23-25-27-37-35(43)33(41)31-40(30-29-39(7-3)8-4)32-34(42)36(44)38-28-26-24-22-20-18-16-14-12-10-6-2/h33-34,41-42H,5-32H2,1-4H3,(H,37,43)(H,38,44). The van der Waals surface area contributed by atoms with Gasteiger partial charge in [-0.2, -0.15) is 0 Å². The highest BCUT2D eigenvalue weighted by Crippen LogP contribution is 2.11. The van der Waals surface area contributed by atoms with Crippen LogP contribution in [0.25, 0.3) is 0 Å². The van der Waals surface area contributed by atoms with Crippen LogP contribution in [0, 0.1) is 0 Å². The van der Waals surface area contributed by atoms with E-state index in [-0.39, 0.29) is 24.9 Å². The van der Waals surface area contributed by atoms with Gasteiger partial charge < -0.3 is 25.7 Å². The molecule has 2 atom stereocenters. The van der Waals surface area contributed by atoms with Crippen molar-refractivity contribution >= 4 is 11.8 Å². The lowest BCUT2D eigenvalue weighted by atomic mass is 10.1.